The van der Waals surface area contributed by atoms with Crippen molar-refractivity contribution in [3.63, 3.8) is 0 Å². The summed E-state index contributed by atoms with van der Waals surface area (Å²) >= 11 is -1.60. The van der Waals surface area contributed by atoms with Crippen molar-refractivity contribution in [2.45, 2.75) is 6.92 Å². The molecule has 1 aromatic carbocycles. The van der Waals surface area contributed by atoms with Gasteiger partial charge in [-0.15, -0.1) is 11.3 Å². The number of carbonyl (C=O) groups is 1. The quantitative estimate of drug-likeness (QED) is 0.880. The average Bonchev–Trinajstić information content (AvgIpc) is 2.80. The second-order valence-corrected chi connectivity index (χ2v) is 5.45. The van der Waals surface area contributed by atoms with Crippen molar-refractivity contribution in [1.29, 1.82) is 0 Å². The molecule has 1 unspecified atom stereocenters. The zero-order chi connectivity index (χ0) is 14.0. The van der Waals surface area contributed by atoms with Gasteiger partial charge in [0.25, 0.3) is 0 Å². The molecule has 0 radical (unpaired) electrons. The zero-order valence-corrected chi connectivity index (χ0v) is 11.5. The number of benzene rings is 1. The van der Waals surface area contributed by atoms with Crippen LogP contribution in [0.3, 0.4) is 0 Å². The molecule has 5 nitrogen and oxygen atoms in total. The molecule has 0 aliphatic carbocycles. The molecule has 0 spiro atoms. The largest absolute Gasteiger partial charge is 0.755 e. The van der Waals surface area contributed by atoms with Gasteiger partial charge >= 0.3 is 5.97 Å². The van der Waals surface area contributed by atoms with Crippen molar-refractivity contribution in [2.24, 2.45) is 0 Å². The molecule has 19 heavy (non-hydrogen) atoms. The van der Waals surface area contributed by atoms with Crippen LogP contribution >= 0.6 is 11.3 Å². The first-order valence-corrected chi connectivity index (χ1v) is 7.19. The van der Waals surface area contributed by atoms with E-state index >= 15 is 0 Å². The number of hydrogen-bond acceptors (Lipinski definition) is 4. The Morgan fingerprint density at radius 1 is 1.32 bits per heavy atom. The molecule has 1 heterocycles. The Morgan fingerprint density at radius 2 is 2.00 bits per heavy atom. The van der Waals surface area contributed by atoms with Gasteiger partial charge in [0.2, 0.25) is 0 Å². The van der Waals surface area contributed by atoms with Crippen molar-refractivity contribution in [2.75, 3.05) is 4.31 Å². The number of carboxylic acids is 1. The molecule has 0 bridgehead atoms. The predicted molar refractivity (Wildman–Crippen MR) is 73.5 cm³/mol. The van der Waals surface area contributed by atoms with Crippen LogP contribution in [0.2, 0.25) is 0 Å². The molecule has 0 aliphatic heterocycles. The molecule has 2 rings (SSSR count). The third kappa shape index (κ3) is 2.67. The van der Waals surface area contributed by atoms with Crippen molar-refractivity contribution < 1.29 is 18.7 Å². The number of nitrogens with zero attached hydrogens (tertiary/aromatic N) is 1. The molecule has 0 saturated carbocycles. The van der Waals surface area contributed by atoms with Gasteiger partial charge in [-0.3, -0.25) is 8.51 Å². The van der Waals surface area contributed by atoms with E-state index in [0.717, 1.165) is 21.2 Å². The molecule has 0 saturated heterocycles. The standard InChI is InChI=1S/C12H11NO4S2/c1-8-4-2-3-5-9(8)13(19(16)17)10-6-7-18-11(10)12(14)15/h2-7H,1H3,(H,14,15)(H,16,17)/p-1. The highest BCUT2D eigenvalue weighted by atomic mass is 32.2. The highest BCUT2D eigenvalue weighted by Gasteiger charge is 2.20. The second-order valence-electron chi connectivity index (χ2n) is 3.74. The topological polar surface area (TPSA) is 80.7 Å². The lowest BCUT2D eigenvalue weighted by Gasteiger charge is -2.27. The molecular formula is C12H10NO4S2-. The smallest absolute Gasteiger partial charge is 0.348 e. The van der Waals surface area contributed by atoms with E-state index in [1.165, 1.54) is 6.07 Å². The van der Waals surface area contributed by atoms with Crippen LogP contribution in [0.5, 0.6) is 0 Å². The van der Waals surface area contributed by atoms with Crippen LogP contribution in [0.25, 0.3) is 0 Å². The van der Waals surface area contributed by atoms with Crippen molar-refractivity contribution in [3.8, 4) is 0 Å². The Bertz CT molecular complexity index is 638. The summed E-state index contributed by atoms with van der Waals surface area (Å²) in [6.07, 6.45) is 0. The fraction of sp³-hybridized carbons (Fsp3) is 0.0833. The fourth-order valence-electron chi connectivity index (χ4n) is 1.70. The predicted octanol–water partition coefficient (Wildman–Crippen LogP) is 2.69. The van der Waals surface area contributed by atoms with Crippen LogP contribution < -0.4 is 4.31 Å². The molecule has 7 heteroatoms. The summed E-state index contributed by atoms with van der Waals surface area (Å²) in [5.74, 6) is -1.14. The first kappa shape index (κ1) is 13.7. The minimum absolute atomic E-state index is 0.00699. The normalized spacial score (nSPS) is 12.1. The molecule has 1 N–H and O–H groups in total. The van der Waals surface area contributed by atoms with E-state index in [1.54, 1.807) is 36.6 Å². The summed E-state index contributed by atoms with van der Waals surface area (Å²) in [5, 5.41) is 10.6. The van der Waals surface area contributed by atoms with Gasteiger partial charge in [0.15, 0.2) is 0 Å². The summed E-state index contributed by atoms with van der Waals surface area (Å²) in [4.78, 5) is 11.1. The molecule has 1 aromatic heterocycles. The number of aromatic carboxylic acids is 1. The van der Waals surface area contributed by atoms with Crippen molar-refractivity contribution >= 4 is 39.9 Å². The summed E-state index contributed by atoms with van der Waals surface area (Å²) in [7, 11) is 0. The molecule has 0 fully saturated rings. The average molecular weight is 296 g/mol. The highest BCUT2D eigenvalue weighted by Crippen LogP contribution is 2.34. The van der Waals surface area contributed by atoms with E-state index in [0.29, 0.717) is 5.69 Å². The maximum Gasteiger partial charge on any atom is 0.348 e. The van der Waals surface area contributed by atoms with Crippen LogP contribution in [0.1, 0.15) is 15.2 Å². The SMILES string of the molecule is Cc1ccccc1N(c1ccsc1C(=O)O)S(=O)[O-]. The number of carboxylic acid groups (broad SMARTS) is 1. The van der Waals surface area contributed by atoms with Gasteiger partial charge in [-0.05, 0) is 30.0 Å². The number of para-hydroxylation sites is 1. The number of anilines is 2. The van der Waals surface area contributed by atoms with Crippen LogP contribution in [0.4, 0.5) is 11.4 Å². The second kappa shape index (κ2) is 5.52. The van der Waals surface area contributed by atoms with Crippen molar-refractivity contribution in [1.82, 2.24) is 0 Å². The van der Waals surface area contributed by atoms with Crippen molar-refractivity contribution in [3.05, 3.63) is 46.2 Å². The van der Waals surface area contributed by atoms with Crippen LogP contribution in [0.15, 0.2) is 35.7 Å². The minimum Gasteiger partial charge on any atom is -0.755 e. The zero-order valence-electron chi connectivity index (χ0n) is 9.90. The molecule has 1 atom stereocenters. The van der Waals surface area contributed by atoms with E-state index in [9.17, 15) is 13.6 Å². The lowest BCUT2D eigenvalue weighted by molar-refractivity contribution is 0.0703. The van der Waals surface area contributed by atoms with Crippen LogP contribution in [0, 0.1) is 6.92 Å². The number of rotatable bonds is 4. The first-order chi connectivity index (χ1) is 9.02. The third-order valence-corrected chi connectivity index (χ3v) is 4.12. The first-order valence-electron chi connectivity index (χ1n) is 5.28. The Balaban J connectivity index is 2.59. The Kier molecular flexibility index (Phi) is 3.98. The minimum atomic E-state index is -2.59. The van der Waals surface area contributed by atoms with Crippen LogP contribution in [-0.4, -0.2) is 19.8 Å². The maximum atomic E-state index is 11.5. The molecule has 100 valence electrons. The van der Waals surface area contributed by atoms with Gasteiger partial charge < -0.3 is 9.66 Å². The number of thiophene rings is 1. The number of hydrogen-bond donors (Lipinski definition) is 1. The number of aryl methyl sites for hydroxylation is 1. The molecule has 0 amide bonds. The third-order valence-electron chi connectivity index (χ3n) is 2.54. The lowest BCUT2D eigenvalue weighted by Crippen LogP contribution is -2.21. The van der Waals surface area contributed by atoms with E-state index < -0.39 is 17.2 Å². The maximum absolute atomic E-state index is 11.5. The molecule has 0 aliphatic rings. The molecule has 2 aromatic rings. The van der Waals surface area contributed by atoms with E-state index in [4.69, 9.17) is 5.11 Å². The summed E-state index contributed by atoms with van der Waals surface area (Å²) in [6.45, 7) is 1.77. The van der Waals surface area contributed by atoms with E-state index in [2.05, 4.69) is 0 Å². The van der Waals surface area contributed by atoms with Gasteiger partial charge in [0.1, 0.15) is 4.88 Å². The van der Waals surface area contributed by atoms with Gasteiger partial charge in [-0.1, -0.05) is 18.2 Å². The Labute approximate surface area is 116 Å². The Morgan fingerprint density at radius 3 is 2.58 bits per heavy atom. The van der Waals surface area contributed by atoms with Gasteiger partial charge in [-0.2, -0.15) is 0 Å². The summed E-state index contributed by atoms with van der Waals surface area (Å²) < 4.78 is 23.9. The van der Waals surface area contributed by atoms with E-state index in [-0.39, 0.29) is 10.6 Å². The highest BCUT2D eigenvalue weighted by molar-refractivity contribution is 7.81. The van der Waals surface area contributed by atoms with E-state index in [1.807, 2.05) is 0 Å². The van der Waals surface area contributed by atoms with Crippen LogP contribution in [-0.2, 0) is 11.3 Å². The lowest BCUT2D eigenvalue weighted by atomic mass is 10.2. The summed E-state index contributed by atoms with van der Waals surface area (Å²) in [5.41, 5.74) is 1.34. The molecular weight excluding hydrogens is 286 g/mol. The Hall–Kier alpha value is -1.70. The van der Waals surface area contributed by atoms with Gasteiger partial charge in [-0.25, -0.2) is 4.79 Å². The van der Waals surface area contributed by atoms with Gasteiger partial charge in [0.05, 0.1) is 22.6 Å². The van der Waals surface area contributed by atoms with Gasteiger partial charge in [0, 0.05) is 0 Å². The summed E-state index contributed by atoms with van der Waals surface area (Å²) in [6, 6.07) is 8.37. The monoisotopic (exact) mass is 296 g/mol. The fourth-order valence-corrected chi connectivity index (χ4v) is 3.15.